The van der Waals surface area contributed by atoms with E-state index in [0.29, 0.717) is 17.8 Å². The Bertz CT molecular complexity index is 462. The van der Waals surface area contributed by atoms with Gasteiger partial charge in [0.15, 0.2) is 5.82 Å². The first-order valence-electron chi connectivity index (χ1n) is 6.24. The maximum Gasteiger partial charge on any atom is 0.293 e. The van der Waals surface area contributed by atoms with Crippen LogP contribution in [0.1, 0.15) is 12.8 Å². The van der Waals surface area contributed by atoms with Crippen LogP contribution in [0.25, 0.3) is 0 Å². The predicted molar refractivity (Wildman–Crippen MR) is 66.1 cm³/mol. The summed E-state index contributed by atoms with van der Waals surface area (Å²) >= 11 is 0. The van der Waals surface area contributed by atoms with Crippen molar-refractivity contribution in [3.63, 3.8) is 0 Å². The lowest BCUT2D eigenvalue weighted by molar-refractivity contribution is 0.0973. The van der Waals surface area contributed by atoms with E-state index in [-0.39, 0.29) is 5.56 Å². The second-order valence-corrected chi connectivity index (χ2v) is 5.08. The van der Waals surface area contributed by atoms with Crippen molar-refractivity contribution in [3.05, 3.63) is 22.7 Å². The molecule has 4 rings (SSSR count). The summed E-state index contributed by atoms with van der Waals surface area (Å²) in [6.07, 6.45) is 5.84. The lowest BCUT2D eigenvalue weighted by Crippen LogP contribution is -2.54. The van der Waals surface area contributed by atoms with Crippen molar-refractivity contribution in [1.29, 1.82) is 0 Å². The highest BCUT2D eigenvalue weighted by atomic mass is 16.1. The van der Waals surface area contributed by atoms with Gasteiger partial charge in [0.05, 0.1) is 0 Å². The minimum Gasteiger partial charge on any atom is -0.361 e. The molecule has 17 heavy (non-hydrogen) atoms. The second kappa shape index (κ2) is 4.14. The number of aryl methyl sites for hydroxylation is 1. The van der Waals surface area contributed by atoms with E-state index in [1.807, 2.05) is 0 Å². The number of nitrogens with one attached hydrogen (secondary N) is 1. The van der Waals surface area contributed by atoms with Crippen LogP contribution in [-0.4, -0.2) is 40.1 Å². The van der Waals surface area contributed by atoms with E-state index < -0.39 is 0 Å². The number of anilines is 1. The van der Waals surface area contributed by atoms with Gasteiger partial charge in [0.2, 0.25) is 0 Å². The first-order valence-corrected chi connectivity index (χ1v) is 6.24. The maximum atomic E-state index is 11.9. The summed E-state index contributed by atoms with van der Waals surface area (Å²) in [5, 5.41) is 3.34. The van der Waals surface area contributed by atoms with Crippen molar-refractivity contribution in [3.8, 4) is 0 Å². The number of nitrogens with zero attached hydrogens (tertiary/aromatic N) is 3. The van der Waals surface area contributed by atoms with Crippen molar-refractivity contribution < 1.29 is 0 Å². The van der Waals surface area contributed by atoms with Crippen molar-refractivity contribution in [2.24, 2.45) is 13.0 Å². The van der Waals surface area contributed by atoms with Crippen LogP contribution in [0, 0.1) is 5.92 Å². The smallest absolute Gasteiger partial charge is 0.293 e. The number of fused-ring (bicyclic) bond motifs is 3. The molecule has 1 N–H and O–H groups in total. The van der Waals surface area contributed by atoms with Gasteiger partial charge in [0.25, 0.3) is 5.56 Å². The van der Waals surface area contributed by atoms with E-state index in [9.17, 15) is 4.79 Å². The molecule has 1 unspecified atom stereocenters. The number of aromatic nitrogens is 2. The Morgan fingerprint density at radius 2 is 2.18 bits per heavy atom. The molecule has 0 amide bonds. The summed E-state index contributed by atoms with van der Waals surface area (Å²) in [7, 11) is 1.76. The van der Waals surface area contributed by atoms with Crippen LogP contribution in [0.15, 0.2) is 17.2 Å². The van der Waals surface area contributed by atoms with Gasteiger partial charge in [-0.15, -0.1) is 0 Å². The first-order chi connectivity index (χ1) is 8.24. The van der Waals surface area contributed by atoms with E-state index in [1.165, 1.54) is 25.9 Å². The van der Waals surface area contributed by atoms with Gasteiger partial charge in [-0.1, -0.05) is 0 Å². The van der Waals surface area contributed by atoms with Crippen LogP contribution in [-0.2, 0) is 7.05 Å². The molecule has 1 aromatic rings. The average molecular weight is 234 g/mol. The molecule has 0 aromatic carbocycles. The molecule has 0 saturated carbocycles. The maximum absolute atomic E-state index is 11.9. The fourth-order valence-corrected chi connectivity index (χ4v) is 2.90. The highest BCUT2D eigenvalue weighted by Crippen LogP contribution is 2.28. The van der Waals surface area contributed by atoms with Gasteiger partial charge in [0.1, 0.15) is 0 Å². The molecule has 3 aliphatic rings. The molecule has 5 nitrogen and oxygen atoms in total. The lowest BCUT2D eigenvalue weighted by atomic mass is 9.84. The molecule has 1 atom stereocenters. The summed E-state index contributed by atoms with van der Waals surface area (Å²) in [6.45, 7) is 3.47. The van der Waals surface area contributed by atoms with Gasteiger partial charge in [-0.05, 0) is 31.8 Å². The van der Waals surface area contributed by atoms with E-state index in [2.05, 4.69) is 15.2 Å². The highest BCUT2D eigenvalue weighted by molar-refractivity contribution is 5.33. The molecular weight excluding hydrogens is 216 g/mol. The topological polar surface area (TPSA) is 50.2 Å². The van der Waals surface area contributed by atoms with Crippen LogP contribution in [0.5, 0.6) is 0 Å². The van der Waals surface area contributed by atoms with Crippen LogP contribution in [0.3, 0.4) is 0 Å². The third-order valence-electron chi connectivity index (χ3n) is 4.00. The zero-order valence-electron chi connectivity index (χ0n) is 10.1. The Balaban J connectivity index is 1.79. The number of rotatable bonds is 2. The molecule has 1 aromatic heterocycles. The van der Waals surface area contributed by atoms with E-state index in [4.69, 9.17) is 0 Å². The van der Waals surface area contributed by atoms with E-state index >= 15 is 0 Å². The zero-order valence-corrected chi connectivity index (χ0v) is 10.1. The number of hydrogen-bond donors (Lipinski definition) is 1. The fraction of sp³-hybridized carbons (Fsp3) is 0.667. The third-order valence-corrected chi connectivity index (χ3v) is 4.00. The monoisotopic (exact) mass is 234 g/mol. The summed E-state index contributed by atoms with van der Waals surface area (Å²) in [6, 6.07) is 0.389. The summed E-state index contributed by atoms with van der Waals surface area (Å²) in [5.74, 6) is 1.19. The summed E-state index contributed by atoms with van der Waals surface area (Å²) < 4.78 is 1.57. The Labute approximate surface area is 100 Å². The molecule has 92 valence electrons. The van der Waals surface area contributed by atoms with Crippen molar-refractivity contribution in [1.82, 2.24) is 14.5 Å². The van der Waals surface area contributed by atoms with Gasteiger partial charge in [-0.25, -0.2) is 4.98 Å². The average Bonchev–Trinajstić information content (AvgIpc) is 2.36. The van der Waals surface area contributed by atoms with Crippen molar-refractivity contribution in [2.75, 3.05) is 25.0 Å². The molecule has 3 fully saturated rings. The predicted octanol–water partition coefficient (Wildman–Crippen LogP) is 0.286. The van der Waals surface area contributed by atoms with Gasteiger partial charge >= 0.3 is 0 Å². The van der Waals surface area contributed by atoms with Crippen LogP contribution >= 0.6 is 0 Å². The molecular formula is C12H18N4O. The molecule has 3 saturated heterocycles. The molecule has 4 heterocycles. The molecule has 3 aliphatic heterocycles. The molecule has 2 bridgehead atoms. The number of hydrogen-bond acceptors (Lipinski definition) is 4. The SMILES string of the molecule is Cn1ccnc(NC2CN3CCC2CC3)c1=O. The van der Waals surface area contributed by atoms with Crippen molar-refractivity contribution >= 4 is 5.82 Å². The van der Waals surface area contributed by atoms with Crippen LogP contribution < -0.4 is 10.9 Å². The van der Waals surface area contributed by atoms with Crippen molar-refractivity contribution in [2.45, 2.75) is 18.9 Å². The summed E-state index contributed by atoms with van der Waals surface area (Å²) in [4.78, 5) is 18.5. The van der Waals surface area contributed by atoms with Gasteiger partial charge < -0.3 is 14.8 Å². The van der Waals surface area contributed by atoms with Gasteiger partial charge in [-0.3, -0.25) is 4.79 Å². The second-order valence-electron chi connectivity index (χ2n) is 5.08. The first kappa shape index (κ1) is 10.8. The Kier molecular flexibility index (Phi) is 2.63. The van der Waals surface area contributed by atoms with Crippen LogP contribution in [0.2, 0.25) is 0 Å². The largest absolute Gasteiger partial charge is 0.361 e. The molecule has 0 spiro atoms. The van der Waals surface area contributed by atoms with Gasteiger partial charge in [0, 0.05) is 32.0 Å². The van der Waals surface area contributed by atoms with Gasteiger partial charge in [-0.2, -0.15) is 0 Å². The zero-order chi connectivity index (χ0) is 11.8. The Morgan fingerprint density at radius 1 is 1.41 bits per heavy atom. The minimum atomic E-state index is -0.0380. The lowest BCUT2D eigenvalue weighted by Gasteiger charge is -2.45. The van der Waals surface area contributed by atoms with E-state index in [0.717, 1.165) is 6.54 Å². The standard InChI is InChI=1S/C12H18N4O/c1-15-7-4-13-11(12(15)17)14-10-8-16-5-2-9(10)3-6-16/h4,7,9-10H,2-3,5-6,8H2,1H3,(H,13,14). The fourth-order valence-electron chi connectivity index (χ4n) is 2.90. The van der Waals surface area contributed by atoms with E-state index in [1.54, 1.807) is 24.0 Å². The minimum absolute atomic E-state index is 0.0380. The Morgan fingerprint density at radius 3 is 2.82 bits per heavy atom. The third kappa shape index (κ3) is 1.95. The van der Waals surface area contributed by atoms with Crippen LogP contribution in [0.4, 0.5) is 5.82 Å². The highest BCUT2D eigenvalue weighted by Gasteiger charge is 2.34. The quantitative estimate of drug-likeness (QED) is 0.799. The Hall–Kier alpha value is -1.36. The number of piperidine rings is 3. The summed E-state index contributed by atoms with van der Waals surface area (Å²) in [5.41, 5.74) is -0.0380. The molecule has 0 radical (unpaired) electrons. The molecule has 5 heteroatoms. The normalized spacial score (nSPS) is 31.5. The molecule has 0 aliphatic carbocycles.